The van der Waals surface area contributed by atoms with E-state index in [1.54, 1.807) is 0 Å². The van der Waals surface area contributed by atoms with Gasteiger partial charge >= 0.3 is 0 Å². The lowest BCUT2D eigenvalue weighted by molar-refractivity contribution is -0.147. The van der Waals surface area contributed by atoms with Crippen LogP contribution in [0, 0.1) is 16.7 Å². The van der Waals surface area contributed by atoms with E-state index in [4.69, 9.17) is 11.6 Å². The predicted molar refractivity (Wildman–Crippen MR) is 156 cm³/mol. The van der Waals surface area contributed by atoms with Gasteiger partial charge in [-0.2, -0.15) is 0 Å². The van der Waals surface area contributed by atoms with Gasteiger partial charge in [0.2, 0.25) is 11.8 Å². The highest BCUT2D eigenvalue weighted by atomic mass is 35.5. The zero-order valence-corrected chi connectivity index (χ0v) is 25.8. The zero-order chi connectivity index (χ0) is 28.0. The van der Waals surface area contributed by atoms with E-state index >= 15 is 0 Å². The van der Waals surface area contributed by atoms with Crippen LogP contribution >= 0.6 is 11.6 Å². The summed E-state index contributed by atoms with van der Waals surface area (Å²) in [4.78, 5) is 34.6. The maximum Gasteiger partial charge on any atom is 0.228 e. The van der Waals surface area contributed by atoms with Crippen LogP contribution in [0.3, 0.4) is 0 Å². The third-order valence-corrected chi connectivity index (χ3v) is 9.68. The first-order chi connectivity index (χ1) is 17.6. The van der Waals surface area contributed by atoms with Crippen LogP contribution in [0.5, 0.6) is 0 Å². The largest absolute Gasteiger partial charge is 0.340 e. The molecule has 2 amide bonds. The fourth-order valence-corrected chi connectivity index (χ4v) is 7.05. The Balaban J connectivity index is 1.55. The number of likely N-dealkylation sites (tertiary alicyclic amines) is 2. The van der Waals surface area contributed by atoms with Gasteiger partial charge in [-0.15, -0.1) is 0 Å². The minimum atomic E-state index is -0.432. The summed E-state index contributed by atoms with van der Waals surface area (Å²) in [5.74, 6) is 0.393. The van der Waals surface area contributed by atoms with Crippen molar-refractivity contribution in [1.82, 2.24) is 14.7 Å². The highest BCUT2D eigenvalue weighted by Gasteiger charge is 2.47. The predicted octanol–water partition coefficient (Wildman–Crippen LogP) is 6.60. The molecule has 3 aliphatic rings. The summed E-state index contributed by atoms with van der Waals surface area (Å²) < 4.78 is 0. The summed E-state index contributed by atoms with van der Waals surface area (Å²) in [7, 11) is 0. The molecule has 0 unspecified atom stereocenters. The Kier molecular flexibility index (Phi) is 8.33. The zero-order valence-electron chi connectivity index (χ0n) is 25.0. The number of hydrogen-bond donors (Lipinski definition) is 0. The molecule has 1 aliphatic carbocycles. The van der Waals surface area contributed by atoms with E-state index in [1.807, 2.05) is 39.0 Å². The molecule has 0 aromatic heterocycles. The third-order valence-electron chi connectivity index (χ3n) is 9.34. The second kappa shape index (κ2) is 10.8. The van der Waals surface area contributed by atoms with E-state index in [0.29, 0.717) is 12.0 Å². The first-order valence-electron chi connectivity index (χ1n) is 14.7. The van der Waals surface area contributed by atoms with E-state index in [0.717, 1.165) is 62.3 Å². The van der Waals surface area contributed by atoms with Crippen molar-refractivity contribution in [2.24, 2.45) is 16.7 Å². The van der Waals surface area contributed by atoms with Crippen molar-refractivity contribution in [2.75, 3.05) is 26.2 Å². The average Bonchev–Trinajstić information content (AvgIpc) is 3.47. The molecule has 2 heterocycles. The average molecular weight is 544 g/mol. The van der Waals surface area contributed by atoms with Crippen LogP contribution in [0.1, 0.15) is 99.0 Å². The Morgan fingerprint density at radius 2 is 1.55 bits per heavy atom. The smallest absolute Gasteiger partial charge is 0.228 e. The molecule has 212 valence electrons. The lowest BCUT2D eigenvalue weighted by Crippen LogP contribution is -2.54. The van der Waals surface area contributed by atoms with Gasteiger partial charge in [-0.05, 0) is 69.9 Å². The number of amides is 2. The normalized spacial score (nSPS) is 27.1. The number of carbonyl (C=O) groups excluding carboxylic acids is 2. The van der Waals surface area contributed by atoms with Gasteiger partial charge in [0.1, 0.15) is 0 Å². The van der Waals surface area contributed by atoms with Gasteiger partial charge in [-0.25, -0.2) is 0 Å². The Morgan fingerprint density at radius 3 is 2.13 bits per heavy atom. The van der Waals surface area contributed by atoms with Crippen LogP contribution in [-0.4, -0.2) is 70.3 Å². The van der Waals surface area contributed by atoms with Crippen molar-refractivity contribution < 1.29 is 9.59 Å². The van der Waals surface area contributed by atoms with Gasteiger partial charge in [0.05, 0.1) is 12.0 Å². The number of nitrogens with zero attached hydrogens (tertiary/aromatic N) is 3. The number of hydrogen-bond acceptors (Lipinski definition) is 3. The number of carbonyl (C=O) groups is 2. The molecular formula is C32H50ClN3O2. The quantitative estimate of drug-likeness (QED) is 0.430. The van der Waals surface area contributed by atoms with Gasteiger partial charge in [0.15, 0.2) is 0 Å². The molecule has 0 radical (unpaired) electrons. The molecule has 2 aliphatic heterocycles. The van der Waals surface area contributed by atoms with E-state index in [1.165, 1.54) is 0 Å². The highest BCUT2D eigenvalue weighted by molar-refractivity contribution is 6.31. The SMILES string of the molecule is CC1(C)CCC(N(C(=O)C(C)(C)C)[C@H]2CCN(C(=O)[C@@H]3CN(C(C)(C)C)C[C@H]3c3ccccc3Cl)C2)CC1. The molecule has 2 saturated heterocycles. The minimum absolute atomic E-state index is 0.0211. The second-order valence-corrected chi connectivity index (χ2v) is 15.3. The second-order valence-electron chi connectivity index (χ2n) is 14.9. The molecule has 1 aromatic rings. The van der Waals surface area contributed by atoms with Crippen LogP contribution in [0.2, 0.25) is 5.02 Å². The van der Waals surface area contributed by atoms with E-state index in [2.05, 4.69) is 55.4 Å². The van der Waals surface area contributed by atoms with Gasteiger partial charge in [0.25, 0.3) is 0 Å². The number of halogens is 1. The van der Waals surface area contributed by atoms with Gasteiger partial charge in [0, 0.05) is 54.1 Å². The topological polar surface area (TPSA) is 43.9 Å². The number of benzene rings is 1. The molecule has 0 N–H and O–H groups in total. The Morgan fingerprint density at radius 1 is 0.921 bits per heavy atom. The molecule has 0 spiro atoms. The highest BCUT2D eigenvalue weighted by Crippen LogP contribution is 2.42. The summed E-state index contributed by atoms with van der Waals surface area (Å²) in [6.07, 6.45) is 5.25. The molecule has 3 fully saturated rings. The minimum Gasteiger partial charge on any atom is -0.340 e. The fraction of sp³-hybridized carbons (Fsp3) is 0.750. The van der Waals surface area contributed by atoms with Crippen LogP contribution in [0.4, 0.5) is 0 Å². The molecule has 1 aromatic carbocycles. The summed E-state index contributed by atoms with van der Waals surface area (Å²) in [5, 5.41) is 0.743. The van der Waals surface area contributed by atoms with Gasteiger partial charge < -0.3 is 9.80 Å². The van der Waals surface area contributed by atoms with Crippen molar-refractivity contribution in [3.63, 3.8) is 0 Å². The summed E-state index contributed by atoms with van der Waals surface area (Å²) in [6.45, 7) is 20.3. The Bertz CT molecular complexity index is 1010. The fourth-order valence-electron chi connectivity index (χ4n) is 6.78. The van der Waals surface area contributed by atoms with Crippen molar-refractivity contribution in [3.8, 4) is 0 Å². The maximum atomic E-state index is 14.2. The van der Waals surface area contributed by atoms with Gasteiger partial charge in [-0.1, -0.05) is 64.4 Å². The third kappa shape index (κ3) is 6.25. The molecule has 38 heavy (non-hydrogen) atoms. The maximum absolute atomic E-state index is 14.2. The molecule has 6 heteroatoms. The van der Waals surface area contributed by atoms with Crippen LogP contribution < -0.4 is 0 Å². The molecule has 3 atom stereocenters. The van der Waals surface area contributed by atoms with Crippen molar-refractivity contribution in [2.45, 2.75) is 111 Å². The van der Waals surface area contributed by atoms with Crippen LogP contribution in [0.25, 0.3) is 0 Å². The lowest BCUT2D eigenvalue weighted by atomic mass is 9.74. The van der Waals surface area contributed by atoms with Crippen LogP contribution in [0.15, 0.2) is 24.3 Å². The van der Waals surface area contributed by atoms with Gasteiger partial charge in [-0.3, -0.25) is 14.5 Å². The van der Waals surface area contributed by atoms with Crippen molar-refractivity contribution >= 4 is 23.4 Å². The van der Waals surface area contributed by atoms with E-state index in [9.17, 15) is 9.59 Å². The Hall–Kier alpha value is -1.59. The summed E-state index contributed by atoms with van der Waals surface area (Å²) >= 11 is 6.66. The molecule has 1 saturated carbocycles. The van der Waals surface area contributed by atoms with Crippen LogP contribution in [-0.2, 0) is 9.59 Å². The summed E-state index contributed by atoms with van der Waals surface area (Å²) in [6, 6.07) is 8.36. The summed E-state index contributed by atoms with van der Waals surface area (Å²) in [5.41, 5.74) is 0.967. The lowest BCUT2D eigenvalue weighted by Gasteiger charge is -2.45. The monoisotopic (exact) mass is 543 g/mol. The first-order valence-corrected chi connectivity index (χ1v) is 15.1. The Labute approximate surface area is 236 Å². The number of rotatable bonds is 4. The van der Waals surface area contributed by atoms with Crippen molar-refractivity contribution in [3.05, 3.63) is 34.9 Å². The van der Waals surface area contributed by atoms with E-state index in [-0.39, 0.29) is 41.3 Å². The standard InChI is InChI=1S/C32H50ClN3O2/c1-30(2,3)29(38)36(22-13-16-32(7,8)17-14-22)23-15-18-34(19-23)28(37)26-21-35(31(4,5)6)20-25(26)24-11-9-10-12-27(24)33/h9-12,22-23,25-26H,13-21H2,1-8H3/t23-,25-,26+/m0/s1. The molecule has 4 rings (SSSR count). The van der Waals surface area contributed by atoms with Crippen molar-refractivity contribution in [1.29, 1.82) is 0 Å². The molecular weight excluding hydrogens is 494 g/mol. The van der Waals surface area contributed by atoms with E-state index < -0.39 is 5.41 Å². The molecule has 5 nitrogen and oxygen atoms in total. The molecule has 0 bridgehead atoms. The first kappa shape index (κ1) is 29.4.